The first kappa shape index (κ1) is 16.3. The van der Waals surface area contributed by atoms with Gasteiger partial charge in [-0.25, -0.2) is 0 Å². The molecule has 3 heterocycles. The molecule has 1 aromatic heterocycles. The number of rotatable bonds is 3. The second-order valence-electron chi connectivity index (χ2n) is 6.31. The first-order valence-corrected chi connectivity index (χ1v) is 7.98. The zero-order valence-corrected chi connectivity index (χ0v) is 13.1. The molecule has 0 spiro atoms. The van der Waals surface area contributed by atoms with Gasteiger partial charge in [-0.15, -0.1) is 0 Å². The van der Waals surface area contributed by atoms with Crippen molar-refractivity contribution in [2.75, 3.05) is 26.2 Å². The van der Waals surface area contributed by atoms with E-state index in [2.05, 4.69) is 10.00 Å². The zero-order valence-electron chi connectivity index (χ0n) is 13.1. The Balaban J connectivity index is 1.56. The molecule has 0 aliphatic carbocycles. The maximum atomic E-state index is 12.6. The SMILES string of the molecule is Cc1cc(C(F)(F)F)nn1CCC(=O)N1CCN2CCC[C@@H]2C1. The van der Waals surface area contributed by atoms with Gasteiger partial charge in [0.25, 0.3) is 0 Å². The standard InChI is InChI=1S/C15H21F3N4O/c1-11-9-13(15(16,17)18)19-22(11)6-4-14(23)21-8-7-20-5-2-3-12(20)10-21/h9,12H,2-8,10H2,1H3/t12-/m1/s1. The second-order valence-corrected chi connectivity index (χ2v) is 6.31. The number of alkyl halides is 3. The van der Waals surface area contributed by atoms with E-state index in [1.807, 2.05) is 4.90 Å². The van der Waals surface area contributed by atoms with Gasteiger partial charge in [-0.3, -0.25) is 14.4 Å². The van der Waals surface area contributed by atoms with Crippen LogP contribution >= 0.6 is 0 Å². The van der Waals surface area contributed by atoms with Crippen molar-refractivity contribution in [3.05, 3.63) is 17.5 Å². The highest BCUT2D eigenvalue weighted by Gasteiger charge is 2.35. The third kappa shape index (κ3) is 3.52. The lowest BCUT2D eigenvalue weighted by atomic mass is 10.1. The Hall–Kier alpha value is -1.57. The van der Waals surface area contributed by atoms with Crippen LogP contribution in [0, 0.1) is 6.92 Å². The van der Waals surface area contributed by atoms with Crippen molar-refractivity contribution in [2.24, 2.45) is 0 Å². The Morgan fingerprint density at radius 3 is 2.83 bits per heavy atom. The zero-order chi connectivity index (χ0) is 16.6. The van der Waals surface area contributed by atoms with Crippen molar-refractivity contribution in [3.8, 4) is 0 Å². The highest BCUT2D eigenvalue weighted by atomic mass is 19.4. The van der Waals surface area contributed by atoms with Crippen molar-refractivity contribution >= 4 is 5.91 Å². The number of carbonyl (C=O) groups is 1. The Kier molecular flexibility index (Phi) is 4.35. The fourth-order valence-corrected chi connectivity index (χ4v) is 3.45. The molecule has 1 amide bonds. The van der Waals surface area contributed by atoms with Crippen LogP contribution in [0.15, 0.2) is 6.07 Å². The van der Waals surface area contributed by atoms with Crippen LogP contribution in [0.5, 0.6) is 0 Å². The Labute approximate surface area is 133 Å². The smallest absolute Gasteiger partial charge is 0.340 e. The van der Waals surface area contributed by atoms with Gasteiger partial charge in [0.2, 0.25) is 5.91 Å². The van der Waals surface area contributed by atoms with Crippen molar-refractivity contribution < 1.29 is 18.0 Å². The van der Waals surface area contributed by atoms with Gasteiger partial charge < -0.3 is 4.90 Å². The van der Waals surface area contributed by atoms with Crippen LogP contribution in [-0.2, 0) is 17.5 Å². The topological polar surface area (TPSA) is 41.4 Å². The normalized spacial score (nSPS) is 22.4. The summed E-state index contributed by atoms with van der Waals surface area (Å²) >= 11 is 0. The largest absolute Gasteiger partial charge is 0.435 e. The number of aromatic nitrogens is 2. The molecule has 0 unspecified atom stereocenters. The fraction of sp³-hybridized carbons (Fsp3) is 0.733. The third-order valence-corrected chi connectivity index (χ3v) is 4.75. The van der Waals surface area contributed by atoms with Gasteiger partial charge in [0.15, 0.2) is 5.69 Å². The molecule has 2 fully saturated rings. The van der Waals surface area contributed by atoms with Crippen LogP contribution in [-0.4, -0.2) is 57.7 Å². The van der Waals surface area contributed by atoms with Gasteiger partial charge in [-0.1, -0.05) is 0 Å². The van der Waals surface area contributed by atoms with Crippen LogP contribution in [0.4, 0.5) is 13.2 Å². The van der Waals surface area contributed by atoms with Crippen LogP contribution in [0.1, 0.15) is 30.7 Å². The van der Waals surface area contributed by atoms with E-state index in [0.717, 1.165) is 32.1 Å². The van der Waals surface area contributed by atoms with E-state index >= 15 is 0 Å². The maximum absolute atomic E-state index is 12.6. The van der Waals surface area contributed by atoms with Crippen molar-refractivity contribution in [2.45, 2.75) is 44.9 Å². The summed E-state index contributed by atoms with van der Waals surface area (Å²) < 4.78 is 39.2. The predicted molar refractivity (Wildman–Crippen MR) is 77.8 cm³/mol. The number of carbonyl (C=O) groups excluding carboxylic acids is 1. The molecule has 128 valence electrons. The Morgan fingerprint density at radius 1 is 1.35 bits per heavy atom. The number of hydrogen-bond acceptors (Lipinski definition) is 3. The van der Waals surface area contributed by atoms with Gasteiger partial charge >= 0.3 is 6.18 Å². The number of aryl methyl sites for hydroxylation is 2. The van der Waals surface area contributed by atoms with Gasteiger partial charge in [0.05, 0.1) is 0 Å². The minimum Gasteiger partial charge on any atom is -0.340 e. The monoisotopic (exact) mass is 330 g/mol. The first-order valence-electron chi connectivity index (χ1n) is 7.98. The lowest BCUT2D eigenvalue weighted by molar-refractivity contribution is -0.141. The van der Waals surface area contributed by atoms with Gasteiger partial charge in [0.1, 0.15) is 0 Å². The first-order chi connectivity index (χ1) is 10.8. The lowest BCUT2D eigenvalue weighted by Gasteiger charge is -2.37. The van der Waals surface area contributed by atoms with E-state index in [-0.39, 0.29) is 18.9 Å². The van der Waals surface area contributed by atoms with E-state index in [1.54, 1.807) is 6.92 Å². The highest BCUT2D eigenvalue weighted by molar-refractivity contribution is 5.76. The van der Waals surface area contributed by atoms with Crippen LogP contribution < -0.4 is 0 Å². The van der Waals surface area contributed by atoms with Crippen molar-refractivity contribution in [1.82, 2.24) is 19.6 Å². The number of amides is 1. The van der Waals surface area contributed by atoms with E-state index in [0.29, 0.717) is 18.3 Å². The number of hydrogen-bond donors (Lipinski definition) is 0. The average molecular weight is 330 g/mol. The maximum Gasteiger partial charge on any atom is 0.435 e. The van der Waals surface area contributed by atoms with Crippen molar-refractivity contribution in [1.29, 1.82) is 0 Å². The van der Waals surface area contributed by atoms with E-state index < -0.39 is 11.9 Å². The van der Waals surface area contributed by atoms with Gasteiger partial charge in [-0.2, -0.15) is 18.3 Å². The molecule has 5 nitrogen and oxygen atoms in total. The summed E-state index contributed by atoms with van der Waals surface area (Å²) in [5.41, 5.74) is -0.479. The van der Waals surface area contributed by atoms with E-state index in [4.69, 9.17) is 0 Å². The fourth-order valence-electron chi connectivity index (χ4n) is 3.45. The van der Waals surface area contributed by atoms with E-state index in [9.17, 15) is 18.0 Å². The van der Waals surface area contributed by atoms with Crippen molar-refractivity contribution in [3.63, 3.8) is 0 Å². The molecule has 2 aliphatic rings. The number of piperazine rings is 1. The molecule has 0 N–H and O–H groups in total. The Morgan fingerprint density at radius 2 is 2.13 bits per heavy atom. The summed E-state index contributed by atoms with van der Waals surface area (Å²) in [6, 6.07) is 1.47. The minimum atomic E-state index is -4.45. The Bertz CT molecular complexity index is 584. The molecular weight excluding hydrogens is 309 g/mol. The minimum absolute atomic E-state index is 0.00000803. The van der Waals surface area contributed by atoms with Crippen LogP contribution in [0.2, 0.25) is 0 Å². The summed E-state index contributed by atoms with van der Waals surface area (Å²) in [5.74, 6) is 0.00000803. The summed E-state index contributed by atoms with van der Waals surface area (Å²) in [5, 5.41) is 3.56. The molecule has 2 aliphatic heterocycles. The lowest BCUT2D eigenvalue weighted by Crippen LogP contribution is -2.52. The van der Waals surface area contributed by atoms with Crippen LogP contribution in [0.25, 0.3) is 0 Å². The third-order valence-electron chi connectivity index (χ3n) is 4.75. The molecule has 3 rings (SSSR count). The molecule has 0 bridgehead atoms. The van der Waals surface area contributed by atoms with Gasteiger partial charge in [0, 0.05) is 44.3 Å². The highest BCUT2D eigenvalue weighted by Crippen LogP contribution is 2.28. The van der Waals surface area contributed by atoms with E-state index in [1.165, 1.54) is 11.1 Å². The molecule has 23 heavy (non-hydrogen) atoms. The number of fused-ring (bicyclic) bond motifs is 1. The molecule has 0 radical (unpaired) electrons. The quantitative estimate of drug-likeness (QED) is 0.850. The predicted octanol–water partition coefficient (Wildman–Crippen LogP) is 1.91. The molecular formula is C15H21F3N4O. The second kappa shape index (κ2) is 6.14. The molecule has 2 saturated heterocycles. The summed E-state index contributed by atoms with van der Waals surface area (Å²) in [4.78, 5) is 16.6. The van der Waals surface area contributed by atoms with Crippen LogP contribution in [0.3, 0.4) is 0 Å². The molecule has 1 aromatic rings. The molecule has 0 aromatic carbocycles. The summed E-state index contributed by atoms with van der Waals surface area (Å²) in [6.07, 6.45) is -1.96. The summed E-state index contributed by atoms with van der Waals surface area (Å²) in [7, 11) is 0. The molecule has 0 saturated carbocycles. The summed E-state index contributed by atoms with van der Waals surface area (Å²) in [6.45, 7) is 5.22. The average Bonchev–Trinajstić information content (AvgIpc) is 3.09. The molecule has 8 heteroatoms. The van der Waals surface area contributed by atoms with Gasteiger partial charge in [-0.05, 0) is 32.4 Å². The molecule has 1 atom stereocenters. The number of nitrogens with zero attached hydrogens (tertiary/aromatic N) is 4. The number of halogens is 3.